The van der Waals surface area contributed by atoms with Crippen molar-refractivity contribution in [3.63, 3.8) is 0 Å². The molecule has 0 aliphatic heterocycles. The van der Waals surface area contributed by atoms with Crippen molar-refractivity contribution in [2.75, 3.05) is 0 Å². The molecule has 0 saturated carbocycles. The van der Waals surface area contributed by atoms with Crippen LogP contribution in [-0.4, -0.2) is 52.6 Å². The third kappa shape index (κ3) is 8.28. The van der Waals surface area contributed by atoms with E-state index in [1.165, 1.54) is 6.92 Å². The average Bonchev–Trinajstić information content (AvgIpc) is 1.83. The van der Waals surface area contributed by atoms with Gasteiger partial charge in [0.1, 0.15) is 6.04 Å². The molecule has 0 aromatic rings. The van der Waals surface area contributed by atoms with Gasteiger partial charge in [-0.25, -0.2) is 4.79 Å². The first-order valence-electron chi connectivity index (χ1n) is 3.93. The van der Waals surface area contributed by atoms with E-state index in [1.807, 2.05) is 13.8 Å². The molecule has 0 saturated heterocycles. The topological polar surface area (TPSA) is 66.4 Å². The number of carbonyl (C=O) groups is 2. The first-order valence-corrected chi connectivity index (χ1v) is 3.93. The van der Waals surface area contributed by atoms with E-state index >= 15 is 0 Å². The fourth-order valence-corrected chi connectivity index (χ4v) is 0.938. The summed E-state index contributed by atoms with van der Waals surface area (Å²) in [4.78, 5) is 21.1. The monoisotopic (exact) mass is 197 g/mol. The van der Waals surface area contributed by atoms with Gasteiger partial charge in [0.2, 0.25) is 5.91 Å². The number of nitrogens with one attached hydrogen (secondary N) is 1. The van der Waals surface area contributed by atoms with Gasteiger partial charge in [-0.2, -0.15) is 0 Å². The quantitative estimate of drug-likeness (QED) is 0.622. The van der Waals surface area contributed by atoms with Gasteiger partial charge in [-0.05, 0) is 12.3 Å². The van der Waals surface area contributed by atoms with Crippen molar-refractivity contribution < 1.29 is 14.7 Å². The second kappa shape index (κ2) is 7.35. The molecule has 0 radical (unpaired) electrons. The Morgan fingerprint density at radius 3 is 2.08 bits per heavy atom. The molecule has 0 heterocycles. The fourth-order valence-electron chi connectivity index (χ4n) is 0.938. The molecule has 4 nitrogen and oxygen atoms in total. The molecule has 1 amide bonds. The Morgan fingerprint density at radius 2 is 1.85 bits per heavy atom. The molecule has 2 N–H and O–H groups in total. The van der Waals surface area contributed by atoms with Crippen LogP contribution >= 0.6 is 0 Å². The van der Waals surface area contributed by atoms with Gasteiger partial charge < -0.3 is 10.4 Å². The zero-order valence-corrected chi connectivity index (χ0v) is 7.63. The van der Waals surface area contributed by atoms with E-state index in [2.05, 4.69) is 5.32 Å². The molecule has 0 aromatic heterocycles. The number of rotatable bonds is 4. The minimum atomic E-state index is -0.973. The number of amides is 1. The predicted molar refractivity (Wildman–Crippen MR) is 51.8 cm³/mol. The fraction of sp³-hybridized carbons (Fsp3) is 0.750. The molecule has 0 aliphatic carbocycles. The van der Waals surface area contributed by atoms with Gasteiger partial charge in [0.05, 0.1) is 0 Å². The van der Waals surface area contributed by atoms with Crippen LogP contribution in [0.5, 0.6) is 0 Å². The van der Waals surface area contributed by atoms with E-state index in [9.17, 15) is 9.59 Å². The summed E-state index contributed by atoms with van der Waals surface area (Å²) in [6.45, 7) is 5.14. The third-order valence-electron chi connectivity index (χ3n) is 1.38. The van der Waals surface area contributed by atoms with Crippen LogP contribution in [0.3, 0.4) is 0 Å². The van der Waals surface area contributed by atoms with Crippen LogP contribution in [0.1, 0.15) is 27.2 Å². The van der Waals surface area contributed by atoms with Crippen LogP contribution in [0.15, 0.2) is 0 Å². The third-order valence-corrected chi connectivity index (χ3v) is 1.38. The Labute approximate surface area is 100 Å². The van der Waals surface area contributed by atoms with E-state index in [-0.39, 0.29) is 41.4 Å². The number of hydrogen-bond donors (Lipinski definition) is 2. The first kappa shape index (κ1) is 15.4. The number of carboxylic acid groups (broad SMARTS) is 1. The van der Waals surface area contributed by atoms with Crippen molar-refractivity contribution in [2.24, 2.45) is 5.92 Å². The summed E-state index contributed by atoms with van der Waals surface area (Å²) in [5.74, 6) is -1.01. The summed E-state index contributed by atoms with van der Waals surface area (Å²) in [5.41, 5.74) is 0. The van der Waals surface area contributed by atoms with Gasteiger partial charge in [-0.15, -0.1) is 0 Å². The van der Waals surface area contributed by atoms with Crippen LogP contribution in [0.25, 0.3) is 0 Å². The molecule has 1 atom stereocenters. The number of aliphatic carboxylic acids is 1. The molecule has 5 heteroatoms. The van der Waals surface area contributed by atoms with Gasteiger partial charge in [-0.3, -0.25) is 4.79 Å². The summed E-state index contributed by atoms with van der Waals surface area (Å²) in [6.07, 6.45) is 0.467. The Kier molecular flexibility index (Phi) is 8.72. The van der Waals surface area contributed by atoms with Crippen LogP contribution in [-0.2, 0) is 9.59 Å². The summed E-state index contributed by atoms with van der Waals surface area (Å²) >= 11 is 0. The number of carbonyl (C=O) groups excluding carboxylic acids is 1. The average molecular weight is 197 g/mol. The number of carboxylic acids is 1. The Morgan fingerprint density at radius 1 is 1.38 bits per heavy atom. The second-order valence-electron chi connectivity index (χ2n) is 3.22. The van der Waals surface area contributed by atoms with Gasteiger partial charge >= 0.3 is 35.5 Å². The maximum atomic E-state index is 10.6. The Balaban J connectivity index is 0. The van der Waals surface area contributed by atoms with Crippen LogP contribution < -0.4 is 5.32 Å². The molecule has 72 valence electrons. The standard InChI is InChI=1S/C8H15NO3.Na.H/c1-5(2)4-7(8(11)12)9-6(3)10;;/h5,7H,4H2,1-3H3,(H,9,10)(H,11,12);;/t7-;;/m1../s1. The molecule has 0 spiro atoms. The molecule has 0 rings (SSSR count). The van der Waals surface area contributed by atoms with E-state index in [0.717, 1.165) is 0 Å². The van der Waals surface area contributed by atoms with Crippen molar-refractivity contribution in [2.45, 2.75) is 33.2 Å². The molecule has 0 fully saturated rings. The van der Waals surface area contributed by atoms with Gasteiger partial charge in [0.25, 0.3) is 0 Å². The molecule has 0 bridgehead atoms. The molecule has 0 unspecified atom stereocenters. The van der Waals surface area contributed by atoms with Crippen LogP contribution in [0.2, 0.25) is 0 Å². The summed E-state index contributed by atoms with van der Waals surface area (Å²) < 4.78 is 0. The normalized spacial score (nSPS) is 11.7. The summed E-state index contributed by atoms with van der Waals surface area (Å²) in [7, 11) is 0. The summed E-state index contributed by atoms with van der Waals surface area (Å²) in [5, 5.41) is 11.0. The van der Waals surface area contributed by atoms with Crippen molar-refractivity contribution in [1.29, 1.82) is 0 Å². The molecular formula is C8H16NNaO3. The maximum absolute atomic E-state index is 10.6. The van der Waals surface area contributed by atoms with Gasteiger partial charge in [-0.1, -0.05) is 13.8 Å². The zero-order chi connectivity index (χ0) is 9.72. The van der Waals surface area contributed by atoms with E-state index in [0.29, 0.717) is 6.42 Å². The Hall–Kier alpha value is -0.0600. The van der Waals surface area contributed by atoms with Crippen molar-refractivity contribution >= 4 is 41.4 Å². The van der Waals surface area contributed by atoms with E-state index < -0.39 is 12.0 Å². The van der Waals surface area contributed by atoms with E-state index in [1.54, 1.807) is 0 Å². The number of hydrogen-bond acceptors (Lipinski definition) is 2. The molecule has 0 aromatic carbocycles. The predicted octanol–water partition coefficient (Wildman–Crippen LogP) is -0.0267. The van der Waals surface area contributed by atoms with Crippen molar-refractivity contribution in [1.82, 2.24) is 5.32 Å². The summed E-state index contributed by atoms with van der Waals surface area (Å²) in [6, 6.07) is -0.748. The first-order chi connectivity index (χ1) is 5.43. The zero-order valence-electron chi connectivity index (χ0n) is 7.63. The molecule has 13 heavy (non-hydrogen) atoms. The van der Waals surface area contributed by atoms with Crippen molar-refractivity contribution in [3.05, 3.63) is 0 Å². The SMILES string of the molecule is CC(=O)N[C@H](CC(C)C)C(=O)O.[NaH]. The second-order valence-corrected chi connectivity index (χ2v) is 3.22. The van der Waals surface area contributed by atoms with Gasteiger partial charge in [0, 0.05) is 6.92 Å². The van der Waals surface area contributed by atoms with Crippen LogP contribution in [0.4, 0.5) is 0 Å². The van der Waals surface area contributed by atoms with Gasteiger partial charge in [0.15, 0.2) is 0 Å². The minimum absolute atomic E-state index is 0. The molecule has 0 aliphatic rings. The molecular weight excluding hydrogens is 181 g/mol. The van der Waals surface area contributed by atoms with Crippen molar-refractivity contribution in [3.8, 4) is 0 Å². The van der Waals surface area contributed by atoms with Crippen LogP contribution in [0, 0.1) is 5.92 Å². The van der Waals surface area contributed by atoms with E-state index in [4.69, 9.17) is 5.11 Å². The Bertz CT molecular complexity index is 182.